The maximum Gasteiger partial charge on any atom is 0.285 e. The Morgan fingerprint density at radius 3 is 1.23 bits per heavy atom. The van der Waals surface area contributed by atoms with Crippen molar-refractivity contribution in [3.8, 4) is 0 Å². The maximum absolute atomic E-state index is 2.58. The minimum atomic E-state index is -1.53. The quantitative estimate of drug-likeness (QED) is 0.618. The number of nitrogens with zero attached hydrogens (tertiary/aromatic N) is 3. The summed E-state index contributed by atoms with van der Waals surface area (Å²) in [4.78, 5) is 0. The van der Waals surface area contributed by atoms with Crippen LogP contribution in [0, 0.1) is 0 Å². The Morgan fingerprint density at radius 1 is 0.846 bits per heavy atom. The zero-order chi connectivity index (χ0) is 10.6. The van der Waals surface area contributed by atoms with E-state index < -0.39 is 8.56 Å². The van der Waals surface area contributed by atoms with Crippen LogP contribution < -0.4 is 0 Å². The summed E-state index contributed by atoms with van der Waals surface area (Å²) in [6.07, 6.45) is 0. The fourth-order valence-electron chi connectivity index (χ4n) is 1.79. The first kappa shape index (κ1) is 13.1. The summed E-state index contributed by atoms with van der Waals surface area (Å²) in [7, 11) is 7.21. The average Bonchev–Trinajstić information content (AvgIpc) is 2.05. The second-order valence-corrected chi connectivity index (χ2v) is 8.29. The van der Waals surface area contributed by atoms with Crippen molar-refractivity contribution in [3.63, 3.8) is 0 Å². The van der Waals surface area contributed by atoms with Crippen LogP contribution in [0.5, 0.6) is 0 Å². The number of rotatable bonds is 5. The molecule has 80 valence electrons. The molecule has 0 saturated heterocycles. The van der Waals surface area contributed by atoms with Crippen molar-refractivity contribution >= 4 is 8.56 Å². The molecule has 0 fully saturated rings. The van der Waals surface area contributed by atoms with Crippen LogP contribution in [-0.4, -0.2) is 63.5 Å². The molecule has 0 spiro atoms. The predicted octanol–water partition coefficient (Wildman–Crippen LogP) is 1.02. The molecule has 0 atom stereocenters. The molecule has 0 aliphatic rings. The summed E-state index contributed by atoms with van der Waals surface area (Å²) in [5.74, 6) is 0. The molecular weight excluding hydrogens is 178 g/mol. The van der Waals surface area contributed by atoms with Gasteiger partial charge in [0, 0.05) is 0 Å². The molecule has 0 aromatic heterocycles. The first-order valence-corrected chi connectivity index (χ1v) is 7.35. The maximum atomic E-state index is 2.58. The molecule has 13 heavy (non-hydrogen) atoms. The highest BCUT2D eigenvalue weighted by Gasteiger charge is 2.39. The molecule has 0 heterocycles. The van der Waals surface area contributed by atoms with Crippen molar-refractivity contribution < 1.29 is 0 Å². The lowest BCUT2D eigenvalue weighted by Gasteiger charge is -2.46. The van der Waals surface area contributed by atoms with E-state index in [9.17, 15) is 0 Å². The highest BCUT2D eigenvalue weighted by molar-refractivity contribution is 6.70. The van der Waals surface area contributed by atoms with Gasteiger partial charge in [0.05, 0.1) is 0 Å². The summed E-state index contributed by atoms with van der Waals surface area (Å²) in [6.45, 7) is 9.13. The van der Waals surface area contributed by atoms with E-state index in [1.54, 1.807) is 0 Å². The molecule has 0 amide bonds. The summed E-state index contributed by atoms with van der Waals surface area (Å²) in [6, 6.07) is 0. The Bertz CT molecular complexity index is 136. The van der Waals surface area contributed by atoms with Gasteiger partial charge in [-0.3, -0.25) is 0 Å². The Hall–Kier alpha value is 0.0969. The predicted molar refractivity (Wildman–Crippen MR) is 61.9 cm³/mol. The molecule has 0 aliphatic carbocycles. The molecule has 0 aliphatic heterocycles. The molecule has 0 bridgehead atoms. The normalized spacial score (nSPS) is 13.4. The first-order valence-electron chi connectivity index (χ1n) is 5.01. The monoisotopic (exact) mass is 203 g/mol. The van der Waals surface area contributed by atoms with Gasteiger partial charge in [-0.1, -0.05) is 13.8 Å². The number of hydrogen-bond acceptors (Lipinski definition) is 3. The Kier molecular flexibility index (Phi) is 5.13. The van der Waals surface area contributed by atoms with Gasteiger partial charge in [0.15, 0.2) is 0 Å². The Morgan fingerprint density at radius 2 is 1.15 bits per heavy atom. The Labute approximate surface area is 84.6 Å². The van der Waals surface area contributed by atoms with Gasteiger partial charge in [-0.15, -0.1) is 0 Å². The highest BCUT2D eigenvalue weighted by Crippen LogP contribution is 2.14. The SMILES string of the molecule is CCN(CC)[Si](C)(N(C)C)N(C)C. The van der Waals surface area contributed by atoms with Crippen LogP contribution in [0.2, 0.25) is 6.55 Å². The van der Waals surface area contributed by atoms with Crippen LogP contribution in [0.15, 0.2) is 0 Å². The summed E-state index contributed by atoms with van der Waals surface area (Å²) < 4.78 is 7.35. The molecule has 0 N–H and O–H groups in total. The van der Waals surface area contributed by atoms with E-state index in [1.807, 2.05) is 0 Å². The van der Waals surface area contributed by atoms with Crippen LogP contribution in [0.25, 0.3) is 0 Å². The molecule has 3 nitrogen and oxygen atoms in total. The molecule has 0 saturated carbocycles. The standard InChI is InChI=1S/C9H25N3Si/c1-8-12(9-2)13(7,10(3)4)11(5)6/h8-9H2,1-7H3. The van der Waals surface area contributed by atoms with Crippen molar-refractivity contribution in [2.75, 3.05) is 41.3 Å². The lowest BCUT2D eigenvalue weighted by molar-refractivity contribution is 0.334. The van der Waals surface area contributed by atoms with Crippen LogP contribution in [0.3, 0.4) is 0 Å². The average molecular weight is 203 g/mol. The lowest BCUT2D eigenvalue weighted by atomic mass is 10.7. The zero-order valence-electron chi connectivity index (χ0n) is 10.3. The van der Waals surface area contributed by atoms with E-state index in [1.165, 1.54) is 0 Å². The van der Waals surface area contributed by atoms with Gasteiger partial charge in [-0.2, -0.15) is 0 Å². The van der Waals surface area contributed by atoms with Gasteiger partial charge in [0.2, 0.25) is 0 Å². The third kappa shape index (κ3) is 2.53. The first-order chi connectivity index (χ1) is 5.91. The largest absolute Gasteiger partial charge is 0.305 e. The third-order valence-corrected chi connectivity index (χ3v) is 8.28. The second-order valence-electron chi connectivity index (χ2n) is 3.93. The molecule has 0 aromatic rings. The number of hydrogen-bond donors (Lipinski definition) is 0. The van der Waals surface area contributed by atoms with E-state index in [-0.39, 0.29) is 0 Å². The fraction of sp³-hybridized carbons (Fsp3) is 1.00. The van der Waals surface area contributed by atoms with Crippen molar-refractivity contribution in [1.29, 1.82) is 0 Å². The summed E-state index contributed by atoms with van der Waals surface area (Å²) >= 11 is 0. The minimum Gasteiger partial charge on any atom is -0.305 e. The molecule has 0 unspecified atom stereocenters. The van der Waals surface area contributed by atoms with Gasteiger partial charge in [0.1, 0.15) is 0 Å². The van der Waals surface area contributed by atoms with Gasteiger partial charge < -0.3 is 13.7 Å². The van der Waals surface area contributed by atoms with E-state index in [0.29, 0.717) is 0 Å². The van der Waals surface area contributed by atoms with Crippen LogP contribution in [-0.2, 0) is 0 Å². The van der Waals surface area contributed by atoms with Crippen molar-refractivity contribution in [3.05, 3.63) is 0 Å². The minimum absolute atomic E-state index is 1.13. The van der Waals surface area contributed by atoms with Gasteiger partial charge >= 0.3 is 0 Å². The van der Waals surface area contributed by atoms with E-state index in [4.69, 9.17) is 0 Å². The molecular formula is C9H25N3Si. The third-order valence-electron chi connectivity index (χ3n) is 3.06. The molecule has 0 radical (unpaired) electrons. The van der Waals surface area contributed by atoms with E-state index >= 15 is 0 Å². The molecule has 0 aromatic carbocycles. The van der Waals surface area contributed by atoms with Crippen LogP contribution >= 0.6 is 0 Å². The van der Waals surface area contributed by atoms with E-state index in [2.05, 4.69) is 62.3 Å². The van der Waals surface area contributed by atoms with Crippen molar-refractivity contribution in [1.82, 2.24) is 13.7 Å². The van der Waals surface area contributed by atoms with Crippen molar-refractivity contribution in [2.45, 2.75) is 20.4 Å². The van der Waals surface area contributed by atoms with Crippen LogP contribution in [0.4, 0.5) is 0 Å². The van der Waals surface area contributed by atoms with E-state index in [0.717, 1.165) is 13.1 Å². The zero-order valence-corrected chi connectivity index (χ0v) is 11.3. The van der Waals surface area contributed by atoms with Gasteiger partial charge in [0.25, 0.3) is 8.56 Å². The van der Waals surface area contributed by atoms with Crippen molar-refractivity contribution in [2.24, 2.45) is 0 Å². The highest BCUT2D eigenvalue weighted by atomic mass is 28.4. The Balaban J connectivity index is 4.75. The molecule has 0 rings (SSSR count). The van der Waals surface area contributed by atoms with Gasteiger partial charge in [-0.25, -0.2) is 0 Å². The molecule has 4 heteroatoms. The topological polar surface area (TPSA) is 9.72 Å². The van der Waals surface area contributed by atoms with Crippen LogP contribution in [0.1, 0.15) is 13.8 Å². The lowest BCUT2D eigenvalue weighted by Crippen LogP contribution is -2.69. The summed E-state index contributed by atoms with van der Waals surface area (Å²) in [5, 5.41) is 0. The smallest absolute Gasteiger partial charge is 0.285 e. The van der Waals surface area contributed by atoms with Gasteiger partial charge in [-0.05, 0) is 47.8 Å². The second kappa shape index (κ2) is 5.10. The fourth-order valence-corrected chi connectivity index (χ4v) is 4.92. The summed E-state index contributed by atoms with van der Waals surface area (Å²) in [5.41, 5.74) is 0.